The van der Waals surface area contributed by atoms with Crippen molar-refractivity contribution in [2.24, 2.45) is 0 Å². The molecule has 1 rings (SSSR count). The molecule has 0 aliphatic heterocycles. The minimum Gasteiger partial charge on any atom is -0.477 e. The molecule has 0 aliphatic rings. The molecule has 1 unspecified atom stereocenters. The molecule has 1 heterocycles. The van der Waals surface area contributed by atoms with Gasteiger partial charge in [0.15, 0.2) is 0 Å². The van der Waals surface area contributed by atoms with Crippen molar-refractivity contribution in [3.8, 4) is 0 Å². The Kier molecular flexibility index (Phi) is 5.31. The van der Waals surface area contributed by atoms with Crippen LogP contribution in [0.2, 0.25) is 0 Å². The average Bonchev–Trinajstić information content (AvgIpc) is 2.60. The summed E-state index contributed by atoms with van der Waals surface area (Å²) < 4.78 is 0. The van der Waals surface area contributed by atoms with Gasteiger partial charge in [-0.05, 0) is 24.8 Å². The van der Waals surface area contributed by atoms with Crippen LogP contribution < -0.4 is 5.32 Å². The number of rotatable bonds is 6. The highest BCUT2D eigenvalue weighted by Crippen LogP contribution is 2.21. The summed E-state index contributed by atoms with van der Waals surface area (Å²) in [5, 5.41) is 12.8. The van der Waals surface area contributed by atoms with Crippen LogP contribution in [0.3, 0.4) is 0 Å². The van der Waals surface area contributed by atoms with Gasteiger partial charge < -0.3 is 10.4 Å². The second kappa shape index (κ2) is 6.27. The number of thioether (sulfide) groups is 1. The third kappa shape index (κ3) is 3.81. The highest BCUT2D eigenvalue weighted by atomic mass is 32.2. The fourth-order valence-electron chi connectivity index (χ4n) is 1.29. The second-order valence-electron chi connectivity index (χ2n) is 3.67. The molecule has 0 amide bonds. The van der Waals surface area contributed by atoms with Gasteiger partial charge in [-0.15, -0.1) is 11.3 Å². The predicted octanol–water partition coefficient (Wildman–Crippen LogP) is 2.60. The summed E-state index contributed by atoms with van der Waals surface area (Å²) in [6, 6.07) is 1.76. The Hall–Kier alpha value is -0.520. The molecule has 3 nitrogen and oxygen atoms in total. The Morgan fingerprint density at radius 2 is 2.38 bits per heavy atom. The van der Waals surface area contributed by atoms with Crippen LogP contribution in [-0.4, -0.2) is 29.1 Å². The van der Waals surface area contributed by atoms with Crippen molar-refractivity contribution in [1.82, 2.24) is 5.32 Å². The average molecular weight is 259 g/mol. The van der Waals surface area contributed by atoms with E-state index in [1.807, 2.05) is 18.7 Å². The first-order chi connectivity index (χ1) is 7.54. The normalized spacial score (nSPS) is 12.7. The van der Waals surface area contributed by atoms with Gasteiger partial charge in [0.25, 0.3) is 0 Å². The molecule has 5 heteroatoms. The Balaban J connectivity index is 2.51. The van der Waals surface area contributed by atoms with Crippen molar-refractivity contribution in [2.75, 3.05) is 12.8 Å². The van der Waals surface area contributed by atoms with E-state index in [1.165, 1.54) is 11.3 Å². The van der Waals surface area contributed by atoms with Gasteiger partial charge in [0.2, 0.25) is 0 Å². The molecule has 0 saturated heterocycles. The molecule has 0 bridgehead atoms. The van der Waals surface area contributed by atoms with E-state index in [9.17, 15) is 4.79 Å². The smallest absolute Gasteiger partial charge is 0.345 e. The van der Waals surface area contributed by atoms with Gasteiger partial charge in [-0.25, -0.2) is 4.79 Å². The summed E-state index contributed by atoms with van der Waals surface area (Å²) in [5.74, 6) is -0.836. The first kappa shape index (κ1) is 13.5. The van der Waals surface area contributed by atoms with E-state index >= 15 is 0 Å². The lowest BCUT2D eigenvalue weighted by Gasteiger charge is -2.09. The van der Waals surface area contributed by atoms with Crippen molar-refractivity contribution >= 4 is 29.1 Å². The minimum absolute atomic E-state index is 0.423. The molecule has 2 N–H and O–H groups in total. The lowest BCUT2D eigenvalue weighted by Crippen LogP contribution is -2.22. The van der Waals surface area contributed by atoms with Gasteiger partial charge >= 0.3 is 5.97 Å². The van der Waals surface area contributed by atoms with Gasteiger partial charge in [0.1, 0.15) is 4.88 Å². The SMILES string of the molecule is CSC(C)CNCc1cc(C(=O)O)sc1C. The number of aromatic carboxylic acids is 1. The maximum absolute atomic E-state index is 10.8. The highest BCUT2D eigenvalue weighted by molar-refractivity contribution is 7.99. The zero-order valence-electron chi connectivity index (χ0n) is 9.74. The quantitative estimate of drug-likeness (QED) is 0.824. The van der Waals surface area contributed by atoms with Crippen LogP contribution in [0, 0.1) is 6.92 Å². The molecule has 0 aliphatic carbocycles. The summed E-state index contributed by atoms with van der Waals surface area (Å²) >= 11 is 3.16. The Morgan fingerprint density at radius 3 is 2.88 bits per heavy atom. The van der Waals surface area contributed by atoms with Crippen molar-refractivity contribution in [3.63, 3.8) is 0 Å². The first-order valence-electron chi connectivity index (χ1n) is 5.10. The van der Waals surface area contributed by atoms with E-state index in [-0.39, 0.29) is 0 Å². The maximum Gasteiger partial charge on any atom is 0.345 e. The van der Waals surface area contributed by atoms with Crippen LogP contribution in [0.25, 0.3) is 0 Å². The number of hydrogen-bond donors (Lipinski definition) is 2. The van der Waals surface area contributed by atoms with Crippen LogP contribution in [0.1, 0.15) is 27.0 Å². The predicted molar refractivity (Wildman–Crippen MR) is 70.7 cm³/mol. The second-order valence-corrected chi connectivity index (χ2v) is 6.21. The fourth-order valence-corrected chi connectivity index (χ4v) is 2.46. The largest absolute Gasteiger partial charge is 0.477 e. The first-order valence-corrected chi connectivity index (χ1v) is 7.21. The molecule has 0 fully saturated rings. The molecule has 0 spiro atoms. The molecular weight excluding hydrogens is 242 g/mol. The number of nitrogens with one attached hydrogen (secondary N) is 1. The van der Waals surface area contributed by atoms with Crippen LogP contribution >= 0.6 is 23.1 Å². The van der Waals surface area contributed by atoms with Gasteiger partial charge in [0, 0.05) is 23.2 Å². The lowest BCUT2D eigenvalue weighted by molar-refractivity contribution is 0.0702. The lowest BCUT2D eigenvalue weighted by atomic mass is 10.2. The summed E-state index contributed by atoms with van der Waals surface area (Å²) in [4.78, 5) is 12.3. The summed E-state index contributed by atoms with van der Waals surface area (Å²) in [5.41, 5.74) is 1.09. The molecule has 1 aromatic rings. The zero-order chi connectivity index (χ0) is 12.1. The Bertz CT molecular complexity index is 363. The molecule has 16 heavy (non-hydrogen) atoms. The van der Waals surface area contributed by atoms with E-state index in [2.05, 4.69) is 18.5 Å². The van der Waals surface area contributed by atoms with Gasteiger partial charge in [-0.1, -0.05) is 6.92 Å². The Labute approximate surface area is 104 Å². The van der Waals surface area contributed by atoms with Gasteiger partial charge in [-0.2, -0.15) is 11.8 Å². The van der Waals surface area contributed by atoms with Crippen molar-refractivity contribution < 1.29 is 9.90 Å². The topological polar surface area (TPSA) is 49.3 Å². The summed E-state index contributed by atoms with van der Waals surface area (Å²) in [6.07, 6.45) is 2.09. The third-order valence-corrected chi connectivity index (χ3v) is 4.43. The van der Waals surface area contributed by atoms with E-state index in [1.54, 1.807) is 6.07 Å². The third-order valence-electron chi connectivity index (χ3n) is 2.38. The minimum atomic E-state index is -0.836. The molecule has 0 saturated carbocycles. The van der Waals surface area contributed by atoms with Gasteiger partial charge in [-0.3, -0.25) is 0 Å². The summed E-state index contributed by atoms with van der Waals surface area (Å²) in [7, 11) is 0. The number of thiophene rings is 1. The van der Waals surface area contributed by atoms with Crippen LogP contribution in [0.5, 0.6) is 0 Å². The van der Waals surface area contributed by atoms with Crippen molar-refractivity contribution in [3.05, 3.63) is 21.4 Å². The Morgan fingerprint density at radius 1 is 1.69 bits per heavy atom. The number of hydrogen-bond acceptors (Lipinski definition) is 4. The molecule has 90 valence electrons. The van der Waals surface area contributed by atoms with Crippen molar-refractivity contribution in [2.45, 2.75) is 25.6 Å². The zero-order valence-corrected chi connectivity index (χ0v) is 11.4. The number of carboxylic acid groups (broad SMARTS) is 1. The molecule has 1 atom stereocenters. The number of aryl methyl sites for hydroxylation is 1. The highest BCUT2D eigenvalue weighted by Gasteiger charge is 2.10. The van der Waals surface area contributed by atoms with Crippen LogP contribution in [0.15, 0.2) is 6.07 Å². The molecular formula is C11H17NO2S2. The number of carbonyl (C=O) groups is 1. The van der Waals surface area contributed by atoms with Gasteiger partial charge in [0.05, 0.1) is 0 Å². The van der Waals surface area contributed by atoms with Crippen molar-refractivity contribution in [1.29, 1.82) is 0 Å². The molecule has 0 radical (unpaired) electrons. The summed E-state index contributed by atoms with van der Waals surface area (Å²) in [6.45, 7) is 5.83. The fraction of sp³-hybridized carbons (Fsp3) is 0.545. The monoisotopic (exact) mass is 259 g/mol. The molecule has 1 aromatic heterocycles. The molecule has 0 aromatic carbocycles. The van der Waals surface area contributed by atoms with Crippen LogP contribution in [-0.2, 0) is 6.54 Å². The van der Waals surface area contributed by atoms with E-state index in [0.717, 1.165) is 23.5 Å². The maximum atomic E-state index is 10.8. The van der Waals surface area contributed by atoms with E-state index < -0.39 is 5.97 Å². The standard InChI is InChI=1S/C11H17NO2S2/c1-7(15-3)5-12-6-9-4-10(11(13)14)16-8(9)2/h4,7,12H,5-6H2,1-3H3,(H,13,14). The van der Waals surface area contributed by atoms with Crippen LogP contribution in [0.4, 0.5) is 0 Å². The van der Waals surface area contributed by atoms with E-state index in [0.29, 0.717) is 10.1 Å². The van der Waals surface area contributed by atoms with E-state index in [4.69, 9.17) is 5.11 Å². The number of carboxylic acids is 1.